The molecule has 0 aliphatic heterocycles. The Morgan fingerprint density at radius 2 is 1.94 bits per heavy atom. The number of hydrogen-bond donors (Lipinski definition) is 1. The first-order valence-electron chi connectivity index (χ1n) is 5.17. The Morgan fingerprint density at radius 3 is 2.41 bits per heavy atom. The van der Waals surface area contributed by atoms with Gasteiger partial charge in [0.25, 0.3) is 0 Å². The topological polar surface area (TPSA) is 55.4 Å². The number of benzene rings is 1. The molecule has 1 atom stereocenters. The highest BCUT2D eigenvalue weighted by atomic mass is 79.9. The van der Waals surface area contributed by atoms with Crippen molar-refractivity contribution in [1.82, 2.24) is 4.72 Å². The smallest absolute Gasteiger partial charge is 0.240 e. The molecule has 1 N–H and O–H groups in total. The molecule has 0 bridgehead atoms. The van der Waals surface area contributed by atoms with Gasteiger partial charge >= 0.3 is 0 Å². The van der Waals surface area contributed by atoms with Crippen molar-refractivity contribution in [3.05, 3.63) is 29.8 Å². The maximum absolute atomic E-state index is 11.9. The quantitative estimate of drug-likeness (QED) is 0.814. The Kier molecular flexibility index (Phi) is 5.58. The number of alkyl halides is 1. The molecule has 0 heterocycles. The summed E-state index contributed by atoms with van der Waals surface area (Å²) in [6, 6.07) is 6.75. The second-order valence-electron chi connectivity index (χ2n) is 3.68. The third-order valence-electron chi connectivity index (χ3n) is 2.35. The van der Waals surface area contributed by atoms with E-state index in [4.69, 9.17) is 4.74 Å². The predicted molar refractivity (Wildman–Crippen MR) is 70.7 cm³/mol. The van der Waals surface area contributed by atoms with Crippen LogP contribution < -0.4 is 4.72 Å². The molecule has 0 aromatic heterocycles. The summed E-state index contributed by atoms with van der Waals surface area (Å²) in [5, 5.41) is 0.710. The fraction of sp³-hybridized carbons (Fsp3) is 0.455. The van der Waals surface area contributed by atoms with Gasteiger partial charge in [-0.15, -0.1) is 0 Å². The minimum absolute atomic E-state index is 0.147. The summed E-state index contributed by atoms with van der Waals surface area (Å²) in [6.45, 7) is 2.06. The minimum atomic E-state index is -3.44. The van der Waals surface area contributed by atoms with Crippen LogP contribution in [0.2, 0.25) is 0 Å². The molecule has 0 radical (unpaired) electrons. The molecule has 1 unspecified atom stereocenters. The number of ether oxygens (including phenoxy) is 1. The first-order chi connectivity index (χ1) is 7.99. The lowest BCUT2D eigenvalue weighted by Gasteiger charge is -2.11. The van der Waals surface area contributed by atoms with Crippen LogP contribution >= 0.6 is 15.9 Å². The molecular weight excluding hydrogens is 306 g/mol. The zero-order valence-electron chi connectivity index (χ0n) is 9.81. The van der Waals surface area contributed by atoms with Crippen molar-refractivity contribution in [1.29, 1.82) is 0 Å². The molecule has 96 valence electrons. The Labute approximate surface area is 111 Å². The number of hydrogen-bond acceptors (Lipinski definition) is 3. The fourth-order valence-electron chi connectivity index (χ4n) is 1.15. The standard InChI is InChI=1S/C11H16BrNO3S/c1-9(16-2)8-13-17(14,15)11-5-3-10(7-12)4-6-11/h3-6,9,13H,7-8H2,1-2H3. The monoisotopic (exact) mass is 321 g/mol. The van der Waals surface area contributed by atoms with Crippen molar-refractivity contribution < 1.29 is 13.2 Å². The summed E-state index contributed by atoms with van der Waals surface area (Å²) >= 11 is 3.31. The highest BCUT2D eigenvalue weighted by Gasteiger charge is 2.14. The van der Waals surface area contributed by atoms with Gasteiger partial charge in [0.05, 0.1) is 11.0 Å². The molecule has 1 aromatic rings. The van der Waals surface area contributed by atoms with Crippen molar-refractivity contribution in [3.63, 3.8) is 0 Å². The second-order valence-corrected chi connectivity index (χ2v) is 6.00. The van der Waals surface area contributed by atoms with Crippen LogP contribution in [-0.4, -0.2) is 28.2 Å². The van der Waals surface area contributed by atoms with Gasteiger partial charge in [-0.05, 0) is 24.6 Å². The van der Waals surface area contributed by atoms with Crippen LogP contribution in [0.3, 0.4) is 0 Å². The van der Waals surface area contributed by atoms with E-state index in [2.05, 4.69) is 20.7 Å². The van der Waals surface area contributed by atoms with Crippen LogP contribution in [0.15, 0.2) is 29.2 Å². The second kappa shape index (κ2) is 6.49. The summed E-state index contributed by atoms with van der Waals surface area (Å²) in [4.78, 5) is 0.269. The SMILES string of the molecule is COC(C)CNS(=O)(=O)c1ccc(CBr)cc1. The lowest BCUT2D eigenvalue weighted by atomic mass is 10.2. The largest absolute Gasteiger partial charge is 0.380 e. The molecule has 0 fully saturated rings. The Hall–Kier alpha value is -0.430. The Balaban J connectivity index is 2.75. The van der Waals surface area contributed by atoms with Crippen LogP contribution in [0.4, 0.5) is 0 Å². The van der Waals surface area contributed by atoms with Crippen molar-refractivity contribution in [3.8, 4) is 0 Å². The van der Waals surface area contributed by atoms with Gasteiger partial charge in [-0.2, -0.15) is 0 Å². The van der Waals surface area contributed by atoms with E-state index in [1.54, 1.807) is 38.3 Å². The molecule has 1 rings (SSSR count). The van der Waals surface area contributed by atoms with E-state index in [1.165, 1.54) is 0 Å². The highest BCUT2D eigenvalue weighted by Crippen LogP contribution is 2.12. The molecule has 0 aliphatic rings. The van der Waals surface area contributed by atoms with E-state index in [0.717, 1.165) is 5.56 Å². The van der Waals surface area contributed by atoms with E-state index in [1.807, 2.05) is 0 Å². The van der Waals surface area contributed by atoms with Crippen molar-refractivity contribution in [2.75, 3.05) is 13.7 Å². The van der Waals surface area contributed by atoms with Gasteiger partial charge < -0.3 is 4.74 Å². The van der Waals surface area contributed by atoms with Gasteiger partial charge in [0, 0.05) is 19.0 Å². The number of rotatable bonds is 6. The van der Waals surface area contributed by atoms with Crippen LogP contribution in [0, 0.1) is 0 Å². The van der Waals surface area contributed by atoms with Gasteiger partial charge in [-0.1, -0.05) is 28.1 Å². The molecule has 0 saturated heterocycles. The van der Waals surface area contributed by atoms with E-state index in [0.29, 0.717) is 5.33 Å². The van der Waals surface area contributed by atoms with E-state index in [9.17, 15) is 8.42 Å². The molecule has 6 heteroatoms. The first-order valence-corrected chi connectivity index (χ1v) is 7.77. The average Bonchev–Trinajstić information content (AvgIpc) is 2.36. The first kappa shape index (κ1) is 14.6. The minimum Gasteiger partial charge on any atom is -0.380 e. The molecule has 4 nitrogen and oxygen atoms in total. The molecular formula is C11H16BrNO3S. The van der Waals surface area contributed by atoms with E-state index in [-0.39, 0.29) is 17.5 Å². The Morgan fingerprint density at radius 1 is 1.35 bits per heavy atom. The number of methoxy groups -OCH3 is 1. The molecule has 0 spiro atoms. The normalized spacial score (nSPS) is 13.6. The zero-order valence-corrected chi connectivity index (χ0v) is 12.2. The number of sulfonamides is 1. The van der Waals surface area contributed by atoms with Gasteiger partial charge in [-0.3, -0.25) is 0 Å². The molecule has 1 aromatic carbocycles. The van der Waals surface area contributed by atoms with E-state index >= 15 is 0 Å². The van der Waals surface area contributed by atoms with Gasteiger partial charge in [0.2, 0.25) is 10.0 Å². The molecule has 0 amide bonds. The van der Waals surface area contributed by atoms with Crippen molar-refractivity contribution >= 4 is 26.0 Å². The lowest BCUT2D eigenvalue weighted by Crippen LogP contribution is -2.31. The van der Waals surface area contributed by atoms with Gasteiger partial charge in [0.1, 0.15) is 0 Å². The van der Waals surface area contributed by atoms with Crippen LogP contribution in [0.1, 0.15) is 12.5 Å². The van der Waals surface area contributed by atoms with Crippen LogP contribution in [0.25, 0.3) is 0 Å². The summed E-state index contributed by atoms with van der Waals surface area (Å²) in [5.74, 6) is 0. The maximum atomic E-state index is 11.9. The maximum Gasteiger partial charge on any atom is 0.240 e. The highest BCUT2D eigenvalue weighted by molar-refractivity contribution is 9.08. The molecule has 0 aliphatic carbocycles. The lowest BCUT2D eigenvalue weighted by molar-refractivity contribution is 0.122. The zero-order chi connectivity index (χ0) is 12.9. The van der Waals surface area contributed by atoms with Gasteiger partial charge in [-0.25, -0.2) is 13.1 Å². The third-order valence-corrected chi connectivity index (χ3v) is 4.44. The summed E-state index contributed by atoms with van der Waals surface area (Å²) in [6.07, 6.45) is -0.147. The van der Waals surface area contributed by atoms with Gasteiger partial charge in [0.15, 0.2) is 0 Å². The van der Waals surface area contributed by atoms with Crippen LogP contribution in [-0.2, 0) is 20.1 Å². The fourth-order valence-corrected chi connectivity index (χ4v) is 2.64. The number of nitrogens with one attached hydrogen (secondary N) is 1. The van der Waals surface area contributed by atoms with Crippen molar-refractivity contribution in [2.45, 2.75) is 23.3 Å². The van der Waals surface area contributed by atoms with Crippen LogP contribution in [0.5, 0.6) is 0 Å². The predicted octanol–water partition coefficient (Wildman–Crippen LogP) is 1.89. The molecule has 17 heavy (non-hydrogen) atoms. The Bertz CT molecular complexity index is 444. The summed E-state index contributed by atoms with van der Waals surface area (Å²) in [7, 11) is -1.89. The summed E-state index contributed by atoms with van der Waals surface area (Å²) < 4.78 is 31.2. The third kappa shape index (κ3) is 4.39. The number of halogens is 1. The molecule has 0 saturated carbocycles. The summed E-state index contributed by atoms with van der Waals surface area (Å²) in [5.41, 5.74) is 1.04. The average molecular weight is 322 g/mol. The van der Waals surface area contributed by atoms with Crippen molar-refractivity contribution in [2.24, 2.45) is 0 Å². The van der Waals surface area contributed by atoms with E-state index < -0.39 is 10.0 Å².